The zero-order valence-electron chi connectivity index (χ0n) is 7.11. The first-order chi connectivity index (χ1) is 5.92. The van der Waals surface area contributed by atoms with Crippen LogP contribution in [0.25, 0.3) is 0 Å². The molecule has 0 bridgehead atoms. The molecule has 0 atom stereocenters. The predicted octanol–water partition coefficient (Wildman–Crippen LogP) is 4.45. The van der Waals surface area contributed by atoms with Crippen molar-refractivity contribution in [3.63, 3.8) is 0 Å². The third-order valence-electron chi connectivity index (χ3n) is 1.03. The summed E-state index contributed by atoms with van der Waals surface area (Å²) >= 11 is -0.579. The molecule has 0 aromatic carbocycles. The number of alkyl halides is 6. The van der Waals surface area contributed by atoms with Crippen LogP contribution in [0.15, 0.2) is 0 Å². The molecule has 14 heavy (non-hydrogen) atoms. The summed E-state index contributed by atoms with van der Waals surface area (Å²) in [6, 6.07) is 0. The topological polar surface area (TPSA) is 17.1 Å². The van der Waals surface area contributed by atoms with E-state index in [1.54, 1.807) is 0 Å². The minimum Gasteiger partial charge on any atom is -0.293 e. The fourth-order valence-electron chi connectivity index (χ4n) is 0.560. The quantitative estimate of drug-likeness (QED) is 0.539. The Morgan fingerprint density at radius 1 is 1.00 bits per heavy atom. The number of rotatable bonds is 2. The summed E-state index contributed by atoms with van der Waals surface area (Å²) in [5.41, 5.74) is 0. The van der Waals surface area contributed by atoms with Gasteiger partial charge in [-0.15, -0.1) is 0 Å². The predicted molar refractivity (Wildman–Crippen MR) is 42.4 cm³/mol. The van der Waals surface area contributed by atoms with Crippen LogP contribution in [0.2, 0.25) is 0 Å². The molecule has 0 heterocycles. The average molecular weight is 260 g/mol. The van der Waals surface area contributed by atoms with Crippen molar-refractivity contribution in [2.75, 3.05) is 0 Å². The third-order valence-corrected chi connectivity index (χ3v) is 6.48. The van der Waals surface area contributed by atoms with E-state index in [1.165, 1.54) is 0 Å². The van der Waals surface area contributed by atoms with Crippen LogP contribution >= 0.6 is 17.7 Å². The maximum atomic E-state index is 12.0. The fraction of sp³-hybridized carbons (Fsp3) is 1.00. The van der Waals surface area contributed by atoms with Crippen molar-refractivity contribution in [1.82, 2.24) is 0 Å². The van der Waals surface area contributed by atoms with Gasteiger partial charge in [0.05, 0.1) is 0 Å². The lowest BCUT2D eigenvalue weighted by Gasteiger charge is -2.23. The third kappa shape index (κ3) is 2.82. The Labute approximate surface area is 80.4 Å². The van der Waals surface area contributed by atoms with Crippen LogP contribution in [-0.2, 0) is 4.57 Å². The van der Waals surface area contributed by atoms with Gasteiger partial charge in [0, 0.05) is 5.25 Å². The molecule has 0 unspecified atom stereocenters. The highest BCUT2D eigenvalue weighted by Gasteiger charge is 2.68. The van der Waals surface area contributed by atoms with Crippen LogP contribution in [0.4, 0.5) is 26.3 Å². The zero-order valence-corrected chi connectivity index (χ0v) is 8.82. The minimum absolute atomic E-state index is 0.579. The molecule has 0 aromatic rings. The first-order valence-electron chi connectivity index (χ1n) is 3.34. The highest BCUT2D eigenvalue weighted by Crippen LogP contribution is 2.79. The Kier molecular flexibility index (Phi) is 4.01. The molecule has 0 fully saturated rings. The van der Waals surface area contributed by atoms with Crippen LogP contribution in [0.5, 0.6) is 0 Å². The molecule has 0 radical (unpaired) electrons. The van der Waals surface area contributed by atoms with Gasteiger partial charge in [-0.05, 0) is 0 Å². The Balaban J connectivity index is 5.20. The fourth-order valence-corrected chi connectivity index (χ4v) is 4.18. The van der Waals surface area contributed by atoms with Crippen LogP contribution in [0.3, 0.4) is 0 Å². The van der Waals surface area contributed by atoms with Gasteiger partial charge >= 0.3 is 18.2 Å². The Morgan fingerprint density at radius 3 is 1.36 bits per heavy atom. The van der Waals surface area contributed by atoms with Gasteiger partial charge in [0.25, 0.3) is 0 Å². The molecular weight excluding hydrogens is 253 g/mol. The lowest BCUT2D eigenvalue weighted by Crippen LogP contribution is -2.21. The van der Waals surface area contributed by atoms with E-state index in [-0.39, 0.29) is 0 Å². The largest absolute Gasteiger partial charge is 0.458 e. The molecule has 0 saturated carbocycles. The summed E-state index contributed by atoms with van der Waals surface area (Å²) in [6.07, 6.45) is -6.23. The SMILES string of the molecule is CC(C)SP(=O)(C(F)(F)F)C(F)(F)F. The molecule has 9 heteroatoms. The van der Waals surface area contributed by atoms with Crippen molar-refractivity contribution < 1.29 is 30.9 Å². The smallest absolute Gasteiger partial charge is 0.293 e. The van der Waals surface area contributed by atoms with E-state index < -0.39 is 34.8 Å². The van der Waals surface area contributed by atoms with E-state index in [4.69, 9.17) is 0 Å². The van der Waals surface area contributed by atoms with Gasteiger partial charge < -0.3 is 0 Å². The summed E-state index contributed by atoms with van der Waals surface area (Å²) in [5.74, 6) is -11.5. The van der Waals surface area contributed by atoms with E-state index in [9.17, 15) is 30.9 Å². The van der Waals surface area contributed by atoms with Crippen molar-refractivity contribution in [3.8, 4) is 0 Å². The maximum Gasteiger partial charge on any atom is 0.458 e. The lowest BCUT2D eigenvalue weighted by molar-refractivity contribution is -0.0892. The van der Waals surface area contributed by atoms with E-state index in [2.05, 4.69) is 0 Å². The van der Waals surface area contributed by atoms with Gasteiger partial charge in [-0.1, -0.05) is 25.2 Å². The highest BCUT2D eigenvalue weighted by molar-refractivity contribution is 8.58. The first-order valence-corrected chi connectivity index (χ1v) is 6.53. The molecule has 0 aliphatic carbocycles. The molecule has 0 rings (SSSR count). The normalized spacial score (nSPS) is 14.9. The van der Waals surface area contributed by atoms with Gasteiger partial charge in [-0.3, -0.25) is 4.57 Å². The second-order valence-electron chi connectivity index (χ2n) is 2.64. The monoisotopic (exact) mass is 260 g/mol. The summed E-state index contributed by atoms with van der Waals surface area (Å²) in [4.78, 5) is 0. The summed E-state index contributed by atoms with van der Waals surface area (Å²) < 4.78 is 82.5. The van der Waals surface area contributed by atoms with Gasteiger partial charge in [0.1, 0.15) is 0 Å². The summed E-state index contributed by atoms with van der Waals surface area (Å²) in [5, 5.41) is -1.01. The Bertz CT molecular complexity index is 226. The molecule has 0 amide bonds. The first kappa shape index (κ1) is 14.2. The lowest BCUT2D eigenvalue weighted by atomic mass is 10.6. The van der Waals surface area contributed by atoms with E-state index in [0.717, 1.165) is 13.8 Å². The van der Waals surface area contributed by atoms with Crippen molar-refractivity contribution in [1.29, 1.82) is 0 Å². The number of halogens is 6. The maximum absolute atomic E-state index is 12.0. The minimum atomic E-state index is -6.23. The van der Waals surface area contributed by atoms with Gasteiger partial charge in [-0.25, -0.2) is 0 Å². The van der Waals surface area contributed by atoms with Crippen LogP contribution < -0.4 is 0 Å². The summed E-state index contributed by atoms with van der Waals surface area (Å²) in [6.45, 7) is 2.24. The van der Waals surface area contributed by atoms with Crippen LogP contribution in [0, 0.1) is 0 Å². The van der Waals surface area contributed by atoms with Crippen molar-refractivity contribution in [2.24, 2.45) is 0 Å². The zero-order chi connectivity index (χ0) is 11.8. The van der Waals surface area contributed by atoms with Gasteiger partial charge in [0.2, 0.25) is 0 Å². The highest BCUT2D eigenvalue weighted by atomic mass is 32.7. The molecule has 0 spiro atoms. The molecule has 0 aliphatic heterocycles. The van der Waals surface area contributed by atoms with E-state index >= 15 is 0 Å². The number of hydrogen-bond acceptors (Lipinski definition) is 2. The molecule has 1 nitrogen and oxygen atoms in total. The standard InChI is InChI=1S/C5H7F6OPS/c1-3(2)14-13(12,4(6,7)8)5(9,10)11/h3H,1-2H3. The average Bonchev–Trinajstić information content (AvgIpc) is 1.79. The number of hydrogen-bond donors (Lipinski definition) is 0. The second kappa shape index (κ2) is 3.96. The van der Waals surface area contributed by atoms with Gasteiger partial charge in [0.15, 0.2) is 0 Å². The second-order valence-corrected chi connectivity index (χ2v) is 8.09. The summed E-state index contributed by atoms with van der Waals surface area (Å²) in [7, 11) is 0. The van der Waals surface area contributed by atoms with Crippen molar-refractivity contribution >= 4 is 17.7 Å². The molecule has 0 N–H and O–H groups in total. The van der Waals surface area contributed by atoms with Crippen LogP contribution in [-0.4, -0.2) is 17.1 Å². The molecule has 0 saturated heterocycles. The van der Waals surface area contributed by atoms with Crippen molar-refractivity contribution in [2.45, 2.75) is 30.9 Å². The van der Waals surface area contributed by atoms with Crippen LogP contribution in [0.1, 0.15) is 13.8 Å². The molecule has 86 valence electrons. The van der Waals surface area contributed by atoms with E-state index in [0.29, 0.717) is 0 Å². The Hall–Kier alpha value is 0.160. The van der Waals surface area contributed by atoms with Crippen molar-refractivity contribution in [3.05, 3.63) is 0 Å². The Morgan fingerprint density at radius 2 is 1.29 bits per heavy atom. The van der Waals surface area contributed by atoms with Gasteiger partial charge in [-0.2, -0.15) is 26.3 Å². The van der Waals surface area contributed by atoms with E-state index in [1.807, 2.05) is 0 Å². The molecule has 0 aromatic heterocycles. The molecule has 0 aliphatic rings. The molecular formula is C5H7F6OPS.